The van der Waals surface area contributed by atoms with Gasteiger partial charge in [-0.3, -0.25) is 4.57 Å². The number of ether oxygens (including phenoxy) is 1. The van der Waals surface area contributed by atoms with Crippen LogP contribution in [0.4, 0.5) is 4.39 Å². The minimum Gasteiger partial charge on any atom is -0.497 e. The van der Waals surface area contributed by atoms with Crippen LogP contribution in [0.5, 0.6) is 5.75 Å². The Morgan fingerprint density at radius 1 is 1.04 bits per heavy atom. The second kappa shape index (κ2) is 8.31. The molecular weight excluding hydrogens is 377 g/mol. The molecule has 4 rings (SSSR count). The normalized spacial score (nSPS) is 10.9. The van der Waals surface area contributed by atoms with Crippen LogP contribution in [-0.2, 0) is 12.3 Å². The molecule has 2 aromatic carbocycles. The highest BCUT2D eigenvalue weighted by Crippen LogP contribution is 2.29. The molecule has 0 saturated carbocycles. The Labute approximate surface area is 166 Å². The molecule has 0 spiro atoms. The summed E-state index contributed by atoms with van der Waals surface area (Å²) in [5, 5.41) is 9.41. The highest BCUT2D eigenvalue weighted by Gasteiger charge is 2.16. The summed E-state index contributed by atoms with van der Waals surface area (Å²) in [6, 6.07) is 18.1. The lowest BCUT2D eigenvalue weighted by Gasteiger charge is -2.09. The molecule has 5 nitrogen and oxygen atoms in total. The number of nitrogens with zero attached hydrogens (tertiary/aromatic N) is 3. The van der Waals surface area contributed by atoms with Gasteiger partial charge in [-0.2, -0.15) is 0 Å². The fourth-order valence-corrected chi connectivity index (χ4v) is 3.73. The van der Waals surface area contributed by atoms with Gasteiger partial charge in [-0.05, 0) is 48.0 Å². The summed E-state index contributed by atoms with van der Waals surface area (Å²) < 4.78 is 26.7. The molecule has 0 atom stereocenters. The van der Waals surface area contributed by atoms with Crippen LogP contribution in [0.3, 0.4) is 0 Å². The maximum atomic E-state index is 14.0. The molecule has 2 aromatic heterocycles. The maximum absolute atomic E-state index is 14.0. The number of aromatic nitrogens is 3. The number of halogens is 1. The van der Waals surface area contributed by atoms with Gasteiger partial charge < -0.3 is 9.15 Å². The molecule has 0 radical (unpaired) electrons. The lowest BCUT2D eigenvalue weighted by Crippen LogP contribution is -2.03. The zero-order chi connectivity index (χ0) is 19.3. The Morgan fingerprint density at radius 2 is 1.86 bits per heavy atom. The number of thioether (sulfide) groups is 1. The van der Waals surface area contributed by atoms with Gasteiger partial charge in [0.2, 0.25) is 0 Å². The number of hydrogen-bond acceptors (Lipinski definition) is 5. The van der Waals surface area contributed by atoms with E-state index >= 15 is 0 Å². The zero-order valence-corrected chi connectivity index (χ0v) is 16.0. The number of furan rings is 1. The van der Waals surface area contributed by atoms with Gasteiger partial charge in [-0.1, -0.05) is 30.0 Å². The van der Waals surface area contributed by atoms with E-state index in [0.717, 1.165) is 22.9 Å². The zero-order valence-electron chi connectivity index (χ0n) is 15.2. The molecule has 0 saturated heterocycles. The Morgan fingerprint density at radius 3 is 2.57 bits per heavy atom. The van der Waals surface area contributed by atoms with E-state index in [-0.39, 0.29) is 5.82 Å². The number of rotatable bonds is 7. The average molecular weight is 395 g/mol. The topological polar surface area (TPSA) is 53.1 Å². The Bertz CT molecular complexity index is 1050. The molecular formula is C21H18FN3O2S. The number of methoxy groups -OCH3 is 1. The van der Waals surface area contributed by atoms with Crippen molar-refractivity contribution < 1.29 is 13.5 Å². The van der Waals surface area contributed by atoms with Gasteiger partial charge in [-0.25, -0.2) is 4.39 Å². The Kier molecular flexibility index (Phi) is 5.43. The van der Waals surface area contributed by atoms with Crippen molar-refractivity contribution in [1.82, 2.24) is 14.8 Å². The average Bonchev–Trinajstić information content (AvgIpc) is 3.38. The third-order valence-corrected chi connectivity index (χ3v) is 5.29. The van der Waals surface area contributed by atoms with Crippen LogP contribution in [0.15, 0.2) is 76.5 Å². The van der Waals surface area contributed by atoms with Gasteiger partial charge in [0, 0.05) is 11.3 Å². The summed E-state index contributed by atoms with van der Waals surface area (Å²) in [7, 11) is 1.63. The van der Waals surface area contributed by atoms with Crippen molar-refractivity contribution in [3.05, 3.63) is 84.1 Å². The molecule has 0 aliphatic carbocycles. The third kappa shape index (κ3) is 3.94. The monoisotopic (exact) mass is 395 g/mol. The first kappa shape index (κ1) is 18.3. The van der Waals surface area contributed by atoms with Crippen molar-refractivity contribution in [3.63, 3.8) is 0 Å². The van der Waals surface area contributed by atoms with Gasteiger partial charge in [-0.15, -0.1) is 10.2 Å². The summed E-state index contributed by atoms with van der Waals surface area (Å²) >= 11 is 1.44. The SMILES string of the molecule is COc1ccc(-c2nnc(SCc3ccccc3F)n2Cc2ccco2)cc1. The third-order valence-electron chi connectivity index (χ3n) is 4.27. The summed E-state index contributed by atoms with van der Waals surface area (Å²) in [6.45, 7) is 0.487. The van der Waals surface area contributed by atoms with Crippen LogP contribution in [0.2, 0.25) is 0 Å². The largest absolute Gasteiger partial charge is 0.497 e. The fourth-order valence-electron chi connectivity index (χ4n) is 2.81. The van der Waals surface area contributed by atoms with E-state index in [1.807, 2.05) is 47.0 Å². The quantitative estimate of drug-likeness (QED) is 0.411. The lowest BCUT2D eigenvalue weighted by molar-refractivity contribution is 0.415. The van der Waals surface area contributed by atoms with Crippen molar-refractivity contribution in [2.24, 2.45) is 0 Å². The highest BCUT2D eigenvalue weighted by molar-refractivity contribution is 7.98. The van der Waals surface area contributed by atoms with Crippen molar-refractivity contribution >= 4 is 11.8 Å². The van der Waals surface area contributed by atoms with Crippen molar-refractivity contribution in [2.45, 2.75) is 17.5 Å². The summed E-state index contributed by atoms with van der Waals surface area (Å²) in [5.41, 5.74) is 1.55. The van der Waals surface area contributed by atoms with Crippen molar-refractivity contribution in [1.29, 1.82) is 0 Å². The molecule has 0 fully saturated rings. The van der Waals surface area contributed by atoms with Crippen LogP contribution in [-0.4, -0.2) is 21.9 Å². The van der Waals surface area contributed by atoms with Gasteiger partial charge in [0.05, 0.1) is 19.9 Å². The second-order valence-corrected chi connectivity index (χ2v) is 7.02. The molecule has 2 heterocycles. The first-order valence-corrected chi connectivity index (χ1v) is 9.69. The van der Waals surface area contributed by atoms with Crippen LogP contribution in [0.25, 0.3) is 11.4 Å². The maximum Gasteiger partial charge on any atom is 0.192 e. The summed E-state index contributed by atoms with van der Waals surface area (Å²) in [6.07, 6.45) is 1.64. The number of benzene rings is 2. The molecule has 28 heavy (non-hydrogen) atoms. The van der Waals surface area contributed by atoms with Crippen molar-refractivity contribution in [2.75, 3.05) is 7.11 Å². The smallest absolute Gasteiger partial charge is 0.192 e. The molecule has 0 amide bonds. The van der Waals surface area contributed by atoms with Gasteiger partial charge in [0.15, 0.2) is 11.0 Å². The molecule has 0 bridgehead atoms. The van der Waals surface area contributed by atoms with Crippen LogP contribution in [0, 0.1) is 5.82 Å². The molecule has 0 unspecified atom stereocenters. The van der Waals surface area contributed by atoms with Gasteiger partial charge >= 0.3 is 0 Å². The molecule has 142 valence electrons. The predicted molar refractivity (Wildman–Crippen MR) is 106 cm³/mol. The van der Waals surface area contributed by atoms with E-state index in [4.69, 9.17) is 9.15 Å². The first-order valence-electron chi connectivity index (χ1n) is 8.71. The molecule has 0 aliphatic rings. The van der Waals surface area contributed by atoms with Gasteiger partial charge in [0.25, 0.3) is 0 Å². The fraction of sp³-hybridized carbons (Fsp3) is 0.143. The van der Waals surface area contributed by atoms with Crippen LogP contribution in [0.1, 0.15) is 11.3 Å². The standard InChI is InChI=1S/C21H18FN3O2S/c1-26-17-10-8-15(9-11-17)20-23-24-21(25(20)13-18-6-4-12-27-18)28-14-16-5-2-3-7-19(16)22/h2-12H,13-14H2,1H3. The molecule has 0 N–H and O–H groups in total. The lowest BCUT2D eigenvalue weighted by atomic mass is 10.2. The Hall–Kier alpha value is -3.06. The van der Waals surface area contributed by atoms with Crippen LogP contribution >= 0.6 is 11.8 Å². The van der Waals surface area contributed by atoms with E-state index < -0.39 is 0 Å². The van der Waals surface area contributed by atoms with E-state index in [0.29, 0.717) is 23.0 Å². The van der Waals surface area contributed by atoms with E-state index in [1.54, 1.807) is 25.5 Å². The van der Waals surface area contributed by atoms with E-state index in [2.05, 4.69) is 10.2 Å². The predicted octanol–water partition coefficient (Wildman–Crippen LogP) is 5.03. The minimum atomic E-state index is -0.220. The Balaban J connectivity index is 1.65. The minimum absolute atomic E-state index is 0.220. The van der Waals surface area contributed by atoms with Crippen LogP contribution < -0.4 is 4.74 Å². The van der Waals surface area contributed by atoms with Crippen molar-refractivity contribution in [3.8, 4) is 17.1 Å². The van der Waals surface area contributed by atoms with E-state index in [9.17, 15) is 4.39 Å². The summed E-state index contributed by atoms with van der Waals surface area (Å²) in [5.74, 6) is 2.53. The highest BCUT2D eigenvalue weighted by atomic mass is 32.2. The molecule has 4 aromatic rings. The molecule has 0 aliphatic heterocycles. The second-order valence-electron chi connectivity index (χ2n) is 6.08. The number of hydrogen-bond donors (Lipinski definition) is 0. The van der Waals surface area contributed by atoms with Gasteiger partial charge in [0.1, 0.15) is 17.3 Å². The summed E-state index contributed by atoms with van der Waals surface area (Å²) in [4.78, 5) is 0. The van der Waals surface area contributed by atoms with E-state index in [1.165, 1.54) is 17.8 Å². The first-order chi connectivity index (χ1) is 13.7. The molecule has 7 heteroatoms.